The molecule has 2 atom stereocenters. The van der Waals surface area contributed by atoms with Gasteiger partial charge in [-0.3, -0.25) is 30.5 Å². The second-order valence-electron chi connectivity index (χ2n) is 6.46. The van der Waals surface area contributed by atoms with Gasteiger partial charge in [0.05, 0.1) is 0 Å². The quantitative estimate of drug-likeness (QED) is 0.207. The van der Waals surface area contributed by atoms with Crippen LogP contribution in [0.1, 0.15) is 48.5 Å². The number of fused-ring (bicyclic) bond motifs is 2. The van der Waals surface area contributed by atoms with E-state index in [9.17, 15) is 0 Å². The van der Waals surface area contributed by atoms with Crippen LogP contribution in [0, 0.1) is 0 Å². The summed E-state index contributed by atoms with van der Waals surface area (Å²) in [7, 11) is -9.54. The summed E-state index contributed by atoms with van der Waals surface area (Å²) >= 11 is 0. The minimum atomic E-state index is -2.43. The molecule has 6 N–H and O–H groups in total. The Labute approximate surface area is 177 Å². The molecule has 0 saturated heterocycles. The molecule has 0 aliphatic carbocycles. The van der Waals surface area contributed by atoms with Crippen LogP contribution in [0.2, 0.25) is 0 Å². The second kappa shape index (κ2) is 11.0. The van der Waals surface area contributed by atoms with E-state index in [4.69, 9.17) is 18.1 Å². The minimum Gasteiger partial charge on any atom is -0.254 e. The van der Waals surface area contributed by atoms with Gasteiger partial charge in [0.15, 0.2) is 0 Å². The van der Waals surface area contributed by atoms with Crippen LogP contribution >= 0.6 is 30.0 Å². The lowest BCUT2D eigenvalue weighted by molar-refractivity contribution is 0.681. The summed E-state index contributed by atoms with van der Waals surface area (Å²) in [6.07, 6.45) is 0. The molecule has 29 heavy (non-hydrogen) atoms. The predicted molar refractivity (Wildman–Crippen MR) is 132 cm³/mol. The molecule has 0 fully saturated rings. The van der Waals surface area contributed by atoms with Gasteiger partial charge in [-0.05, 0) is 0 Å². The van der Waals surface area contributed by atoms with Crippen molar-refractivity contribution in [2.24, 2.45) is 18.1 Å². The summed E-state index contributed by atoms with van der Waals surface area (Å²) in [5.74, 6) is 0. The molecule has 2 heterocycles. The molecule has 2 bridgehead atoms. The predicted octanol–water partition coefficient (Wildman–Crippen LogP) is 4.78. The van der Waals surface area contributed by atoms with Crippen molar-refractivity contribution >= 4 is 30.0 Å². The maximum absolute atomic E-state index is 5.43. The Morgan fingerprint density at radius 3 is 1.03 bits per heavy atom. The van der Waals surface area contributed by atoms with Crippen molar-refractivity contribution in [2.45, 2.75) is 48.5 Å². The Hall–Kier alpha value is 0.640. The Morgan fingerprint density at radius 2 is 0.793 bits per heavy atom. The first-order chi connectivity index (χ1) is 13.9. The summed E-state index contributed by atoms with van der Waals surface area (Å²) in [5, 5.41) is 21.8. The van der Waals surface area contributed by atoms with Crippen molar-refractivity contribution in [3.63, 3.8) is 0 Å². The van der Waals surface area contributed by atoms with Crippen LogP contribution < -0.4 is 30.5 Å². The van der Waals surface area contributed by atoms with Crippen molar-refractivity contribution in [1.29, 1.82) is 0 Å². The van der Waals surface area contributed by atoms with Gasteiger partial charge in [-0.25, -0.2) is 0 Å². The number of nitrogens with zero attached hydrogens (tertiary/aromatic N) is 5. The largest absolute Gasteiger partial charge is 0.254 e. The molecule has 2 aliphatic rings. The first kappa shape index (κ1) is 25.9. The first-order valence-corrected chi connectivity index (χ1v) is 17.4. The monoisotopic (exact) mass is 487 g/mol. The molecule has 0 aromatic rings. The molecular weight excluding hydrogens is 446 g/mol. The minimum absolute atomic E-state index is 0.790. The Balaban J connectivity index is 2.97. The van der Waals surface area contributed by atoms with E-state index < -0.39 is 30.0 Å². The highest BCUT2D eigenvalue weighted by Gasteiger charge is 2.50. The van der Waals surface area contributed by atoms with E-state index in [1.165, 1.54) is 0 Å². The van der Waals surface area contributed by atoms with Crippen LogP contribution in [0.15, 0.2) is 18.1 Å². The third kappa shape index (κ3) is 5.18. The fourth-order valence-corrected chi connectivity index (χ4v) is 22.7. The molecule has 11 nitrogen and oxygen atoms in total. The average molecular weight is 487 g/mol. The Morgan fingerprint density at radius 1 is 0.483 bits per heavy atom. The van der Waals surface area contributed by atoms with Crippen molar-refractivity contribution in [2.75, 3.05) is 45.8 Å². The van der Waals surface area contributed by atoms with Crippen LogP contribution in [0.4, 0.5) is 0 Å². The van der Waals surface area contributed by atoms with Crippen LogP contribution in [-0.4, -0.2) is 50.3 Å². The van der Waals surface area contributed by atoms with Gasteiger partial charge in [-0.15, -0.1) is 0 Å². The van der Waals surface area contributed by atoms with Gasteiger partial charge in [-0.2, -0.15) is 22.5 Å². The zero-order chi connectivity index (χ0) is 21.6. The van der Waals surface area contributed by atoms with E-state index in [2.05, 4.69) is 83.4 Å². The van der Waals surface area contributed by atoms with Crippen LogP contribution in [-0.2, 0) is 0 Å². The Bertz CT molecular complexity index is 696. The number of hydrogen-bond acceptors (Lipinski definition) is 11. The third-order valence-electron chi connectivity index (χ3n) is 4.20. The molecule has 0 radical (unpaired) electrons. The SMILES string of the molecule is CCNP1(NCC)=NP2(NCC)=NP(NCC)(NCC)=NP(NCC)(=N1)N2CC. The number of hydrogen-bond donors (Lipinski definition) is 6. The van der Waals surface area contributed by atoms with E-state index in [0.717, 1.165) is 45.8 Å². The molecule has 2 rings (SSSR count). The smallest absolute Gasteiger partial charge is 0.225 e. The lowest BCUT2D eigenvalue weighted by atomic mass is 10.8. The summed E-state index contributed by atoms with van der Waals surface area (Å²) in [5.41, 5.74) is 0. The van der Waals surface area contributed by atoms with Gasteiger partial charge < -0.3 is 0 Å². The topological polar surface area (TPSA) is 125 Å². The van der Waals surface area contributed by atoms with Crippen molar-refractivity contribution in [3.05, 3.63) is 0 Å². The van der Waals surface area contributed by atoms with Crippen LogP contribution in [0.3, 0.4) is 0 Å². The summed E-state index contributed by atoms with van der Waals surface area (Å²) in [6.45, 7) is 20.4. The molecule has 15 heteroatoms. The highest BCUT2D eigenvalue weighted by atomic mass is 31.3. The molecule has 0 spiro atoms. The van der Waals surface area contributed by atoms with E-state index in [1.807, 2.05) is 0 Å². The molecule has 0 amide bonds. The van der Waals surface area contributed by atoms with E-state index >= 15 is 0 Å². The molecule has 0 aromatic heterocycles. The molecule has 0 saturated carbocycles. The second-order valence-corrected chi connectivity index (χ2v) is 17.2. The van der Waals surface area contributed by atoms with E-state index in [0.29, 0.717) is 0 Å². The van der Waals surface area contributed by atoms with Gasteiger partial charge in [-0.1, -0.05) is 48.5 Å². The summed E-state index contributed by atoms with van der Waals surface area (Å²) < 4.78 is 24.1. The number of nitrogens with one attached hydrogen (secondary N) is 6. The number of rotatable bonds is 13. The van der Waals surface area contributed by atoms with Gasteiger partial charge in [0.25, 0.3) is 0 Å². The van der Waals surface area contributed by atoms with E-state index in [1.54, 1.807) is 0 Å². The zero-order valence-corrected chi connectivity index (χ0v) is 22.6. The van der Waals surface area contributed by atoms with Crippen molar-refractivity contribution in [3.8, 4) is 0 Å². The zero-order valence-electron chi connectivity index (χ0n) is 19.0. The lowest BCUT2D eigenvalue weighted by Crippen LogP contribution is -2.37. The van der Waals surface area contributed by atoms with Gasteiger partial charge >= 0.3 is 0 Å². The normalized spacial score (nSPS) is 30.0. The first-order valence-electron chi connectivity index (χ1n) is 10.7. The summed E-state index contributed by atoms with van der Waals surface area (Å²) in [4.78, 5) is 0. The highest BCUT2D eigenvalue weighted by molar-refractivity contribution is 7.91. The fourth-order valence-electron chi connectivity index (χ4n) is 3.51. The molecule has 172 valence electrons. The van der Waals surface area contributed by atoms with Gasteiger partial charge in [0, 0.05) is 45.8 Å². The molecule has 0 aromatic carbocycles. The third-order valence-corrected chi connectivity index (χ3v) is 20.2. The van der Waals surface area contributed by atoms with Crippen molar-refractivity contribution in [1.82, 2.24) is 35.0 Å². The molecule has 2 aliphatic heterocycles. The maximum Gasteiger partial charge on any atom is 0.225 e. The lowest BCUT2D eigenvalue weighted by Gasteiger charge is -2.49. The molecular formula is C14H41N11P4. The molecule has 2 unspecified atom stereocenters. The fraction of sp³-hybridized carbons (Fsp3) is 1.00. The van der Waals surface area contributed by atoms with Crippen LogP contribution in [0.5, 0.6) is 0 Å². The maximum atomic E-state index is 5.43. The average Bonchev–Trinajstić information content (AvgIpc) is 2.62. The highest BCUT2D eigenvalue weighted by Crippen LogP contribution is 2.84. The Kier molecular flexibility index (Phi) is 9.81. The van der Waals surface area contributed by atoms with Gasteiger partial charge in [0.1, 0.15) is 0 Å². The standard InChI is InChI=1S/C14H41N11P4/c1-8-15-26(16-9-2)21-28(19-12-5)23-27(17-10-3,18-11-4)24-29(22-26,20-13-6)25(28)14-7/h15-20H,8-14H2,1-7H3. The van der Waals surface area contributed by atoms with E-state index in [-0.39, 0.29) is 0 Å². The van der Waals surface area contributed by atoms with Gasteiger partial charge in [0.2, 0.25) is 30.0 Å². The van der Waals surface area contributed by atoms with Crippen LogP contribution in [0.25, 0.3) is 0 Å². The van der Waals surface area contributed by atoms with Crippen molar-refractivity contribution < 1.29 is 0 Å². The summed E-state index contributed by atoms with van der Waals surface area (Å²) in [6, 6.07) is 0.